The average molecular weight is 275 g/mol. The number of hydrogen-bond donors (Lipinski definition) is 3. The van der Waals surface area contributed by atoms with Gasteiger partial charge in [-0.05, 0) is 44.5 Å². The van der Waals surface area contributed by atoms with Crippen molar-refractivity contribution in [3.05, 3.63) is 29.8 Å². The molecule has 2 rings (SSSR count). The summed E-state index contributed by atoms with van der Waals surface area (Å²) in [6, 6.07) is 7.35. The van der Waals surface area contributed by atoms with E-state index < -0.39 is 0 Å². The van der Waals surface area contributed by atoms with Crippen molar-refractivity contribution in [2.45, 2.75) is 32.4 Å². The second-order valence-electron chi connectivity index (χ2n) is 5.19. The molecule has 0 heterocycles. The van der Waals surface area contributed by atoms with E-state index in [0.29, 0.717) is 6.54 Å². The van der Waals surface area contributed by atoms with Crippen molar-refractivity contribution in [1.82, 2.24) is 10.6 Å². The van der Waals surface area contributed by atoms with Crippen LogP contribution in [0, 0.1) is 5.92 Å². The standard InChI is InChI=1S/C15H21N3O2/c1-10(16-2)14(19)17-9-11-4-3-5-13(8-11)18-15(20)12-6-7-12/h3-5,8,10,12,16H,6-7,9H2,1-2H3,(H,17,19)(H,18,20). The Morgan fingerprint density at radius 1 is 1.35 bits per heavy atom. The summed E-state index contributed by atoms with van der Waals surface area (Å²) in [5.74, 6) is 0.241. The van der Waals surface area contributed by atoms with Crippen molar-refractivity contribution in [3.63, 3.8) is 0 Å². The molecule has 1 fully saturated rings. The first kappa shape index (κ1) is 14.5. The van der Waals surface area contributed by atoms with Crippen LogP contribution in [0.4, 0.5) is 5.69 Å². The monoisotopic (exact) mass is 275 g/mol. The molecule has 108 valence electrons. The van der Waals surface area contributed by atoms with Crippen LogP contribution in [0.3, 0.4) is 0 Å². The minimum absolute atomic E-state index is 0.0417. The van der Waals surface area contributed by atoms with Crippen LogP contribution >= 0.6 is 0 Å². The maximum absolute atomic E-state index is 11.7. The van der Waals surface area contributed by atoms with Gasteiger partial charge in [0, 0.05) is 18.2 Å². The van der Waals surface area contributed by atoms with Crippen LogP contribution in [0.2, 0.25) is 0 Å². The number of benzene rings is 1. The van der Waals surface area contributed by atoms with Gasteiger partial charge in [-0.15, -0.1) is 0 Å². The molecule has 1 atom stereocenters. The molecule has 1 saturated carbocycles. The zero-order valence-corrected chi connectivity index (χ0v) is 11.9. The van der Waals surface area contributed by atoms with Crippen molar-refractivity contribution < 1.29 is 9.59 Å². The number of carbonyl (C=O) groups excluding carboxylic acids is 2. The van der Waals surface area contributed by atoms with Gasteiger partial charge in [0.05, 0.1) is 6.04 Å². The van der Waals surface area contributed by atoms with Crippen LogP contribution in [-0.2, 0) is 16.1 Å². The van der Waals surface area contributed by atoms with E-state index in [-0.39, 0.29) is 23.8 Å². The summed E-state index contributed by atoms with van der Waals surface area (Å²) in [4.78, 5) is 23.4. The molecule has 5 nitrogen and oxygen atoms in total. The van der Waals surface area contributed by atoms with Crippen LogP contribution in [-0.4, -0.2) is 24.9 Å². The quantitative estimate of drug-likeness (QED) is 0.732. The number of nitrogens with one attached hydrogen (secondary N) is 3. The first-order valence-electron chi connectivity index (χ1n) is 6.95. The first-order chi connectivity index (χ1) is 9.60. The van der Waals surface area contributed by atoms with Gasteiger partial charge in [0.15, 0.2) is 0 Å². The van der Waals surface area contributed by atoms with Crippen molar-refractivity contribution in [2.24, 2.45) is 5.92 Å². The van der Waals surface area contributed by atoms with Gasteiger partial charge in [-0.25, -0.2) is 0 Å². The smallest absolute Gasteiger partial charge is 0.237 e. The second kappa shape index (κ2) is 6.52. The predicted molar refractivity (Wildman–Crippen MR) is 78.2 cm³/mol. The summed E-state index contributed by atoms with van der Waals surface area (Å²) in [7, 11) is 1.75. The molecule has 0 spiro atoms. The van der Waals surface area contributed by atoms with Gasteiger partial charge in [-0.2, -0.15) is 0 Å². The van der Waals surface area contributed by atoms with E-state index in [0.717, 1.165) is 24.1 Å². The Morgan fingerprint density at radius 3 is 2.75 bits per heavy atom. The van der Waals surface area contributed by atoms with Gasteiger partial charge < -0.3 is 16.0 Å². The SMILES string of the molecule is CNC(C)C(=O)NCc1cccc(NC(=O)C2CC2)c1. The molecule has 0 aliphatic heterocycles. The molecule has 1 aliphatic carbocycles. The van der Waals surface area contributed by atoms with Crippen LogP contribution in [0.15, 0.2) is 24.3 Å². The van der Waals surface area contributed by atoms with Crippen LogP contribution in [0.5, 0.6) is 0 Å². The maximum Gasteiger partial charge on any atom is 0.237 e. The van der Waals surface area contributed by atoms with Gasteiger partial charge in [-0.3, -0.25) is 9.59 Å². The summed E-state index contributed by atoms with van der Waals surface area (Å²) in [6.07, 6.45) is 1.98. The highest BCUT2D eigenvalue weighted by Gasteiger charge is 2.29. The number of hydrogen-bond acceptors (Lipinski definition) is 3. The molecule has 0 saturated heterocycles. The van der Waals surface area contributed by atoms with Crippen LogP contribution in [0.25, 0.3) is 0 Å². The topological polar surface area (TPSA) is 70.2 Å². The third kappa shape index (κ3) is 4.06. The fourth-order valence-electron chi connectivity index (χ4n) is 1.82. The molecule has 20 heavy (non-hydrogen) atoms. The van der Waals surface area contributed by atoms with Crippen molar-refractivity contribution >= 4 is 17.5 Å². The minimum Gasteiger partial charge on any atom is -0.351 e. The molecule has 1 aliphatic rings. The molecule has 0 bridgehead atoms. The second-order valence-corrected chi connectivity index (χ2v) is 5.19. The lowest BCUT2D eigenvalue weighted by atomic mass is 10.2. The van der Waals surface area contributed by atoms with Gasteiger partial charge in [-0.1, -0.05) is 12.1 Å². The van der Waals surface area contributed by atoms with Crippen molar-refractivity contribution in [1.29, 1.82) is 0 Å². The zero-order valence-electron chi connectivity index (χ0n) is 11.9. The lowest BCUT2D eigenvalue weighted by Crippen LogP contribution is -2.39. The van der Waals surface area contributed by atoms with Crippen molar-refractivity contribution in [2.75, 3.05) is 12.4 Å². The zero-order chi connectivity index (χ0) is 14.5. The Balaban J connectivity index is 1.88. The Morgan fingerprint density at radius 2 is 2.10 bits per heavy atom. The molecule has 1 unspecified atom stereocenters. The summed E-state index contributed by atoms with van der Waals surface area (Å²) < 4.78 is 0. The van der Waals surface area contributed by atoms with E-state index in [1.807, 2.05) is 31.2 Å². The summed E-state index contributed by atoms with van der Waals surface area (Å²) in [5, 5.41) is 8.64. The number of amides is 2. The summed E-state index contributed by atoms with van der Waals surface area (Å²) in [5.41, 5.74) is 1.76. The largest absolute Gasteiger partial charge is 0.351 e. The average Bonchev–Trinajstić information content (AvgIpc) is 3.28. The van der Waals surface area contributed by atoms with Gasteiger partial charge >= 0.3 is 0 Å². The fraction of sp³-hybridized carbons (Fsp3) is 0.467. The van der Waals surface area contributed by atoms with Crippen LogP contribution in [0.1, 0.15) is 25.3 Å². The lowest BCUT2D eigenvalue weighted by molar-refractivity contribution is -0.122. The Labute approximate surface area is 119 Å². The third-order valence-electron chi connectivity index (χ3n) is 3.44. The fourth-order valence-corrected chi connectivity index (χ4v) is 1.82. The summed E-state index contributed by atoms with van der Waals surface area (Å²) >= 11 is 0. The highest BCUT2D eigenvalue weighted by Crippen LogP contribution is 2.30. The lowest BCUT2D eigenvalue weighted by Gasteiger charge is -2.12. The highest BCUT2D eigenvalue weighted by molar-refractivity contribution is 5.94. The number of carbonyl (C=O) groups is 2. The van der Waals surface area contributed by atoms with E-state index in [9.17, 15) is 9.59 Å². The van der Waals surface area contributed by atoms with Gasteiger partial charge in [0.2, 0.25) is 11.8 Å². The number of anilines is 1. The molecular formula is C15H21N3O2. The van der Waals surface area contributed by atoms with E-state index in [1.54, 1.807) is 7.05 Å². The minimum atomic E-state index is -0.215. The maximum atomic E-state index is 11.7. The predicted octanol–water partition coefficient (Wildman–Crippen LogP) is 1.26. The highest BCUT2D eigenvalue weighted by atomic mass is 16.2. The van der Waals surface area contributed by atoms with E-state index >= 15 is 0 Å². The molecule has 1 aromatic rings. The first-order valence-corrected chi connectivity index (χ1v) is 6.95. The van der Waals surface area contributed by atoms with E-state index in [2.05, 4.69) is 16.0 Å². The van der Waals surface area contributed by atoms with E-state index in [4.69, 9.17) is 0 Å². The molecule has 3 N–H and O–H groups in total. The van der Waals surface area contributed by atoms with Gasteiger partial charge in [0.1, 0.15) is 0 Å². The third-order valence-corrected chi connectivity index (χ3v) is 3.44. The van der Waals surface area contributed by atoms with Gasteiger partial charge in [0.25, 0.3) is 0 Å². The number of rotatable bonds is 6. The van der Waals surface area contributed by atoms with Crippen LogP contribution < -0.4 is 16.0 Å². The Bertz CT molecular complexity index is 498. The molecular weight excluding hydrogens is 254 g/mol. The normalized spacial score (nSPS) is 15.5. The Kier molecular flexibility index (Phi) is 4.74. The molecule has 0 aromatic heterocycles. The molecule has 1 aromatic carbocycles. The molecule has 5 heteroatoms. The Hall–Kier alpha value is -1.88. The van der Waals surface area contributed by atoms with Crippen molar-refractivity contribution in [3.8, 4) is 0 Å². The number of likely N-dealkylation sites (N-methyl/N-ethyl adjacent to an activating group) is 1. The molecule has 2 amide bonds. The molecule has 0 radical (unpaired) electrons. The van der Waals surface area contributed by atoms with E-state index in [1.165, 1.54) is 0 Å². The summed E-state index contributed by atoms with van der Waals surface area (Å²) in [6.45, 7) is 2.26.